The summed E-state index contributed by atoms with van der Waals surface area (Å²) in [4.78, 5) is 10.9. The minimum absolute atomic E-state index is 0.374. The van der Waals surface area contributed by atoms with Crippen molar-refractivity contribution in [1.29, 1.82) is 0 Å². The molecule has 2 nitrogen and oxygen atoms in total. The van der Waals surface area contributed by atoms with Crippen LogP contribution < -0.4 is 0 Å². The van der Waals surface area contributed by atoms with Crippen molar-refractivity contribution >= 4 is 21.9 Å². The van der Waals surface area contributed by atoms with Gasteiger partial charge in [-0.15, -0.1) is 0 Å². The Morgan fingerprint density at radius 2 is 2.29 bits per heavy atom. The van der Waals surface area contributed by atoms with Crippen LogP contribution in [0, 0.1) is 5.82 Å². The molecule has 0 heterocycles. The van der Waals surface area contributed by atoms with Gasteiger partial charge in [-0.2, -0.15) is 0 Å². The molecular weight excluding hydrogens is 251 g/mol. The summed E-state index contributed by atoms with van der Waals surface area (Å²) in [5.74, 6) is -1.84. The van der Waals surface area contributed by atoms with Crippen LogP contribution in [-0.4, -0.2) is 11.1 Å². The second-order valence-electron chi connectivity index (χ2n) is 2.96. The average Bonchev–Trinajstić information content (AvgIpc) is 2.09. The molecule has 1 aromatic carbocycles. The van der Waals surface area contributed by atoms with Crippen molar-refractivity contribution in [1.82, 2.24) is 0 Å². The number of carbonyl (C=O) groups is 1. The van der Waals surface area contributed by atoms with Gasteiger partial charge in [-0.05, 0) is 24.1 Å². The van der Waals surface area contributed by atoms with Gasteiger partial charge in [-0.25, -0.2) is 4.39 Å². The van der Waals surface area contributed by atoms with Crippen LogP contribution in [0.5, 0.6) is 0 Å². The number of halogens is 2. The molecule has 0 aliphatic rings. The number of rotatable bonds is 3. The first-order valence-electron chi connectivity index (χ1n) is 4.24. The van der Waals surface area contributed by atoms with E-state index in [1.807, 2.05) is 0 Å². The molecule has 0 amide bonds. The molecule has 1 unspecified atom stereocenters. The van der Waals surface area contributed by atoms with Crippen molar-refractivity contribution in [3.63, 3.8) is 0 Å². The third kappa shape index (κ3) is 2.32. The van der Waals surface area contributed by atoms with E-state index >= 15 is 0 Å². The van der Waals surface area contributed by atoms with Crippen molar-refractivity contribution in [2.75, 3.05) is 0 Å². The number of hydrogen-bond donors (Lipinski definition) is 1. The second kappa shape index (κ2) is 4.55. The SMILES string of the molecule is CCC(C(=O)O)c1ccc(F)cc1Br. The molecule has 0 bridgehead atoms. The molecular formula is C10H10BrFO2. The van der Waals surface area contributed by atoms with Crippen molar-refractivity contribution in [3.8, 4) is 0 Å². The summed E-state index contributed by atoms with van der Waals surface area (Å²) in [6, 6.07) is 4.05. The molecule has 0 fully saturated rings. The van der Waals surface area contributed by atoms with Gasteiger partial charge >= 0.3 is 5.97 Å². The van der Waals surface area contributed by atoms with Crippen molar-refractivity contribution in [2.45, 2.75) is 19.3 Å². The summed E-state index contributed by atoms with van der Waals surface area (Å²) in [6.45, 7) is 1.79. The largest absolute Gasteiger partial charge is 0.481 e. The Hall–Kier alpha value is -0.900. The lowest BCUT2D eigenvalue weighted by atomic mass is 9.97. The lowest BCUT2D eigenvalue weighted by Gasteiger charge is -2.11. The summed E-state index contributed by atoms with van der Waals surface area (Å²) in [6.07, 6.45) is 0.486. The molecule has 0 aromatic heterocycles. The lowest BCUT2D eigenvalue weighted by molar-refractivity contribution is -0.138. The van der Waals surface area contributed by atoms with E-state index in [1.165, 1.54) is 18.2 Å². The van der Waals surface area contributed by atoms with Crippen molar-refractivity contribution < 1.29 is 14.3 Å². The van der Waals surface area contributed by atoms with Crippen LogP contribution in [-0.2, 0) is 4.79 Å². The van der Waals surface area contributed by atoms with E-state index < -0.39 is 11.9 Å². The number of benzene rings is 1. The average molecular weight is 261 g/mol. The predicted octanol–water partition coefficient (Wildman–Crippen LogP) is 3.17. The Kier molecular flexibility index (Phi) is 3.63. The highest BCUT2D eigenvalue weighted by atomic mass is 79.9. The number of carboxylic acid groups (broad SMARTS) is 1. The van der Waals surface area contributed by atoms with Crippen molar-refractivity contribution in [2.24, 2.45) is 0 Å². The van der Waals surface area contributed by atoms with Crippen LogP contribution in [0.25, 0.3) is 0 Å². The highest BCUT2D eigenvalue weighted by molar-refractivity contribution is 9.10. The van der Waals surface area contributed by atoms with Crippen LogP contribution in [0.4, 0.5) is 4.39 Å². The highest BCUT2D eigenvalue weighted by Crippen LogP contribution is 2.28. The molecule has 1 atom stereocenters. The van der Waals surface area contributed by atoms with Gasteiger partial charge in [0.1, 0.15) is 5.82 Å². The third-order valence-corrected chi connectivity index (χ3v) is 2.73. The Bertz CT molecular complexity index is 352. The van der Waals surface area contributed by atoms with E-state index in [0.29, 0.717) is 16.5 Å². The molecule has 76 valence electrons. The highest BCUT2D eigenvalue weighted by Gasteiger charge is 2.19. The van der Waals surface area contributed by atoms with Gasteiger partial charge in [0, 0.05) is 4.47 Å². The van der Waals surface area contributed by atoms with E-state index in [4.69, 9.17) is 5.11 Å². The van der Waals surface area contributed by atoms with Gasteiger partial charge in [-0.3, -0.25) is 4.79 Å². The molecule has 4 heteroatoms. The molecule has 0 saturated heterocycles. The summed E-state index contributed by atoms with van der Waals surface area (Å²) in [7, 11) is 0. The van der Waals surface area contributed by atoms with Crippen molar-refractivity contribution in [3.05, 3.63) is 34.1 Å². The topological polar surface area (TPSA) is 37.3 Å². The van der Waals surface area contributed by atoms with Gasteiger partial charge in [0.25, 0.3) is 0 Å². The fourth-order valence-corrected chi connectivity index (χ4v) is 1.94. The summed E-state index contributed by atoms with van der Waals surface area (Å²) in [5, 5.41) is 8.91. The third-order valence-electron chi connectivity index (χ3n) is 2.04. The Balaban J connectivity index is 3.10. The number of hydrogen-bond acceptors (Lipinski definition) is 1. The fourth-order valence-electron chi connectivity index (χ4n) is 1.31. The first kappa shape index (κ1) is 11.2. The molecule has 0 saturated carbocycles. The van der Waals surface area contributed by atoms with Crippen LogP contribution in [0.15, 0.2) is 22.7 Å². The quantitative estimate of drug-likeness (QED) is 0.907. The molecule has 1 aromatic rings. The van der Waals surface area contributed by atoms with Crippen LogP contribution in [0.1, 0.15) is 24.8 Å². The van der Waals surface area contributed by atoms with E-state index in [1.54, 1.807) is 6.92 Å². The summed E-state index contributed by atoms with van der Waals surface area (Å²) >= 11 is 3.15. The molecule has 0 radical (unpaired) electrons. The second-order valence-corrected chi connectivity index (χ2v) is 3.82. The molecule has 1 N–H and O–H groups in total. The van der Waals surface area contributed by atoms with Gasteiger partial charge in [0.15, 0.2) is 0 Å². The number of carboxylic acids is 1. The first-order chi connectivity index (χ1) is 6.56. The maximum absolute atomic E-state index is 12.7. The normalized spacial score (nSPS) is 12.5. The van der Waals surface area contributed by atoms with Gasteiger partial charge in [0.2, 0.25) is 0 Å². The van der Waals surface area contributed by atoms with E-state index in [9.17, 15) is 9.18 Å². The Labute approximate surface area is 89.9 Å². The molecule has 0 aliphatic carbocycles. The minimum Gasteiger partial charge on any atom is -0.481 e. The van der Waals surface area contributed by atoms with E-state index in [0.717, 1.165) is 0 Å². The summed E-state index contributed by atoms with van der Waals surface area (Å²) in [5.41, 5.74) is 0.612. The van der Waals surface area contributed by atoms with Crippen LogP contribution in [0.3, 0.4) is 0 Å². The van der Waals surface area contributed by atoms with Gasteiger partial charge in [-0.1, -0.05) is 28.9 Å². The van der Waals surface area contributed by atoms with Gasteiger partial charge < -0.3 is 5.11 Å². The fraction of sp³-hybridized carbons (Fsp3) is 0.300. The van der Waals surface area contributed by atoms with Crippen LogP contribution >= 0.6 is 15.9 Å². The van der Waals surface area contributed by atoms with Crippen LogP contribution in [0.2, 0.25) is 0 Å². The maximum Gasteiger partial charge on any atom is 0.311 e. The Morgan fingerprint density at radius 1 is 1.64 bits per heavy atom. The van der Waals surface area contributed by atoms with E-state index in [2.05, 4.69) is 15.9 Å². The monoisotopic (exact) mass is 260 g/mol. The van der Waals surface area contributed by atoms with E-state index in [-0.39, 0.29) is 5.82 Å². The standard InChI is InChI=1S/C10H10BrFO2/c1-2-7(10(13)14)8-4-3-6(12)5-9(8)11/h3-5,7H,2H2,1H3,(H,13,14). The molecule has 1 rings (SSSR count). The Morgan fingerprint density at radius 3 is 2.71 bits per heavy atom. The molecule has 0 aliphatic heterocycles. The smallest absolute Gasteiger partial charge is 0.311 e. The summed E-state index contributed by atoms with van der Waals surface area (Å²) < 4.78 is 13.2. The maximum atomic E-state index is 12.7. The van der Waals surface area contributed by atoms with Gasteiger partial charge in [0.05, 0.1) is 5.92 Å². The lowest BCUT2D eigenvalue weighted by Crippen LogP contribution is -2.11. The zero-order valence-electron chi connectivity index (χ0n) is 7.63. The predicted molar refractivity (Wildman–Crippen MR) is 54.8 cm³/mol. The first-order valence-corrected chi connectivity index (χ1v) is 5.03. The zero-order chi connectivity index (χ0) is 10.7. The minimum atomic E-state index is -0.889. The number of aliphatic carboxylic acids is 1. The zero-order valence-corrected chi connectivity index (χ0v) is 9.21. The molecule has 0 spiro atoms. The molecule has 14 heavy (non-hydrogen) atoms.